The summed E-state index contributed by atoms with van der Waals surface area (Å²) in [7, 11) is 0. The minimum Gasteiger partial charge on any atom is -0.379 e. The third-order valence-corrected chi connectivity index (χ3v) is 14.8. The molecule has 0 bridgehead atoms. The Morgan fingerprint density at radius 3 is 0.681 bits per heavy atom. The highest BCUT2D eigenvalue weighted by Gasteiger charge is 2.12. The minimum absolute atomic E-state index is 0.144. The van der Waals surface area contributed by atoms with Crippen LogP contribution in [0, 0.1) is 0 Å². The number of allylic oxidation sites excluding steroid dienone is 2. The zero-order valence-electron chi connectivity index (χ0n) is 48.1. The van der Waals surface area contributed by atoms with Crippen molar-refractivity contribution in [2.45, 2.75) is 374 Å². The van der Waals surface area contributed by atoms with Gasteiger partial charge in [-0.3, -0.25) is 0 Å². The second kappa shape index (κ2) is 65.6. The second-order valence-electron chi connectivity index (χ2n) is 22.1. The van der Waals surface area contributed by atoms with Gasteiger partial charge >= 0.3 is 0 Å². The number of rotatable bonds is 64. The largest absolute Gasteiger partial charge is 0.379 e. The predicted molar refractivity (Wildman–Crippen MR) is 308 cm³/mol. The molecule has 0 rings (SSSR count). The SMILES string of the molecule is CCCCCCCC/C=C\CCCCCCCCOOC(COCCCCCCCCCCCCCCCCCCCCCC)COCCCCCCCCCCCCCCCCCCCCCC. The molecule has 0 aromatic carbocycles. The van der Waals surface area contributed by atoms with Crippen LogP contribution in [0.5, 0.6) is 0 Å². The van der Waals surface area contributed by atoms with Crippen LogP contribution in [0.3, 0.4) is 0 Å². The molecule has 4 heteroatoms. The molecule has 0 saturated heterocycles. The normalized spacial score (nSPS) is 11.9. The van der Waals surface area contributed by atoms with Crippen molar-refractivity contribution in [1.82, 2.24) is 0 Å². The molecule has 0 aromatic heterocycles. The van der Waals surface area contributed by atoms with Gasteiger partial charge in [-0.05, 0) is 44.9 Å². The van der Waals surface area contributed by atoms with Crippen molar-refractivity contribution in [3.05, 3.63) is 12.2 Å². The fourth-order valence-electron chi connectivity index (χ4n) is 10.0. The zero-order chi connectivity index (χ0) is 49.5. The zero-order valence-corrected chi connectivity index (χ0v) is 48.1. The first-order valence-corrected chi connectivity index (χ1v) is 32.4. The molecule has 4 nitrogen and oxygen atoms in total. The third kappa shape index (κ3) is 63.6. The molecule has 0 atom stereocenters. The van der Waals surface area contributed by atoms with Crippen LogP contribution in [0.15, 0.2) is 12.2 Å². The van der Waals surface area contributed by atoms with Gasteiger partial charge in [-0.15, -0.1) is 0 Å². The molecule has 414 valence electrons. The molecule has 0 spiro atoms. The van der Waals surface area contributed by atoms with E-state index in [2.05, 4.69) is 32.9 Å². The highest BCUT2D eigenvalue weighted by Crippen LogP contribution is 2.18. The molecule has 0 aliphatic heterocycles. The third-order valence-electron chi connectivity index (χ3n) is 14.8. The smallest absolute Gasteiger partial charge is 0.139 e. The number of ether oxygens (including phenoxy) is 2. The van der Waals surface area contributed by atoms with Crippen molar-refractivity contribution in [2.75, 3.05) is 33.0 Å². The molecule has 0 aliphatic carbocycles. The van der Waals surface area contributed by atoms with Crippen LogP contribution in [0.2, 0.25) is 0 Å². The van der Waals surface area contributed by atoms with E-state index in [1.807, 2.05) is 0 Å². The quantitative estimate of drug-likeness (QED) is 0.0263. The standard InChI is InChI=1S/C65H130O4/c1-4-7-10-13-16-19-22-25-28-31-33-35-37-39-42-45-48-51-54-57-60-66-63-65(69-68-62-59-56-53-50-47-44-41-30-27-24-21-18-15-12-9-6-3)64-67-61-58-55-52-49-46-43-40-38-36-34-32-29-26-23-20-17-14-11-8-5-2/h27,30,65H,4-26,28-29,31-64H2,1-3H3/b30-27-. The summed E-state index contributed by atoms with van der Waals surface area (Å²) in [5, 5.41) is 0. The number of hydrogen-bond acceptors (Lipinski definition) is 4. The van der Waals surface area contributed by atoms with E-state index in [1.54, 1.807) is 0 Å². The highest BCUT2D eigenvalue weighted by atomic mass is 17.2. The van der Waals surface area contributed by atoms with Crippen LogP contribution in [-0.4, -0.2) is 39.1 Å². The highest BCUT2D eigenvalue weighted by molar-refractivity contribution is 4.81. The number of unbranched alkanes of at least 4 members (excludes halogenated alkanes) is 50. The lowest BCUT2D eigenvalue weighted by molar-refractivity contribution is -0.337. The minimum atomic E-state index is -0.144. The van der Waals surface area contributed by atoms with Gasteiger partial charge in [0.25, 0.3) is 0 Å². The van der Waals surface area contributed by atoms with Gasteiger partial charge in [-0.2, -0.15) is 0 Å². The molecule has 0 fully saturated rings. The lowest BCUT2D eigenvalue weighted by Crippen LogP contribution is -2.26. The maximum Gasteiger partial charge on any atom is 0.139 e. The van der Waals surface area contributed by atoms with Crippen LogP contribution < -0.4 is 0 Å². The van der Waals surface area contributed by atoms with Gasteiger partial charge < -0.3 is 9.47 Å². The van der Waals surface area contributed by atoms with Crippen molar-refractivity contribution in [2.24, 2.45) is 0 Å². The van der Waals surface area contributed by atoms with Crippen molar-refractivity contribution in [3.63, 3.8) is 0 Å². The lowest BCUT2D eigenvalue weighted by atomic mass is 10.0. The van der Waals surface area contributed by atoms with Gasteiger partial charge in [-0.1, -0.05) is 335 Å². The molecule has 0 radical (unpaired) electrons. The predicted octanol–water partition coefficient (Wildman–Crippen LogP) is 23.0. The van der Waals surface area contributed by atoms with Crippen LogP contribution >= 0.6 is 0 Å². The molecular formula is C65H130O4. The van der Waals surface area contributed by atoms with Gasteiger partial charge in [0.15, 0.2) is 0 Å². The first kappa shape index (κ1) is 68.6. The van der Waals surface area contributed by atoms with E-state index in [0.717, 1.165) is 32.5 Å². The van der Waals surface area contributed by atoms with Crippen LogP contribution in [0.1, 0.15) is 367 Å². The van der Waals surface area contributed by atoms with E-state index < -0.39 is 0 Å². The van der Waals surface area contributed by atoms with Crippen LogP contribution in [0.25, 0.3) is 0 Å². The Hall–Kier alpha value is -0.420. The van der Waals surface area contributed by atoms with Crippen molar-refractivity contribution in [3.8, 4) is 0 Å². The summed E-state index contributed by atoms with van der Waals surface area (Å²) in [6, 6.07) is 0. The van der Waals surface area contributed by atoms with Gasteiger partial charge in [0.1, 0.15) is 6.10 Å². The Labute approximate surface area is 436 Å². The van der Waals surface area contributed by atoms with Gasteiger partial charge in [0.05, 0.1) is 19.8 Å². The Morgan fingerprint density at radius 1 is 0.232 bits per heavy atom. The summed E-state index contributed by atoms with van der Waals surface area (Å²) in [4.78, 5) is 11.6. The Morgan fingerprint density at radius 2 is 0.435 bits per heavy atom. The maximum atomic E-state index is 6.13. The summed E-state index contributed by atoms with van der Waals surface area (Å²) in [5.41, 5.74) is 0. The Balaban J connectivity index is 3.99. The average Bonchev–Trinajstić information content (AvgIpc) is 3.36. The summed E-state index contributed by atoms with van der Waals surface area (Å²) in [6.45, 7) is 10.3. The fourth-order valence-corrected chi connectivity index (χ4v) is 10.0. The van der Waals surface area contributed by atoms with Gasteiger partial charge in [-0.25, -0.2) is 9.78 Å². The maximum absolute atomic E-state index is 6.13. The van der Waals surface area contributed by atoms with Gasteiger partial charge in [0, 0.05) is 13.2 Å². The lowest BCUT2D eigenvalue weighted by Gasteiger charge is -2.17. The van der Waals surface area contributed by atoms with E-state index >= 15 is 0 Å². The van der Waals surface area contributed by atoms with E-state index in [1.165, 1.54) is 327 Å². The van der Waals surface area contributed by atoms with E-state index in [0.29, 0.717) is 19.8 Å². The summed E-state index contributed by atoms with van der Waals surface area (Å²) < 4.78 is 12.3. The molecule has 69 heavy (non-hydrogen) atoms. The summed E-state index contributed by atoms with van der Waals surface area (Å²) in [6.07, 6.45) is 79.6. The molecule has 0 aromatic rings. The monoisotopic (exact) mass is 975 g/mol. The topological polar surface area (TPSA) is 36.9 Å². The Kier molecular flexibility index (Phi) is 65.2. The molecule has 0 heterocycles. The second-order valence-corrected chi connectivity index (χ2v) is 22.1. The van der Waals surface area contributed by atoms with E-state index in [-0.39, 0.29) is 6.10 Å². The van der Waals surface area contributed by atoms with Crippen LogP contribution in [0.4, 0.5) is 0 Å². The van der Waals surface area contributed by atoms with E-state index in [4.69, 9.17) is 19.2 Å². The first-order valence-electron chi connectivity index (χ1n) is 32.4. The summed E-state index contributed by atoms with van der Waals surface area (Å²) in [5.74, 6) is 0. The molecule has 0 aliphatic rings. The van der Waals surface area contributed by atoms with Crippen LogP contribution in [-0.2, 0) is 19.2 Å². The van der Waals surface area contributed by atoms with Crippen molar-refractivity contribution < 1.29 is 19.2 Å². The molecule has 0 N–H and O–H groups in total. The Bertz CT molecular complexity index is 843. The van der Waals surface area contributed by atoms with Crippen molar-refractivity contribution >= 4 is 0 Å². The molecule has 0 amide bonds. The molecular weight excluding hydrogens is 845 g/mol. The van der Waals surface area contributed by atoms with Crippen molar-refractivity contribution in [1.29, 1.82) is 0 Å². The fraction of sp³-hybridized carbons (Fsp3) is 0.969. The molecule has 0 unspecified atom stereocenters. The molecule has 0 saturated carbocycles. The average molecular weight is 976 g/mol. The first-order chi connectivity index (χ1) is 34.3. The van der Waals surface area contributed by atoms with E-state index in [9.17, 15) is 0 Å². The summed E-state index contributed by atoms with van der Waals surface area (Å²) >= 11 is 0. The van der Waals surface area contributed by atoms with Gasteiger partial charge in [0.2, 0.25) is 0 Å². The number of hydrogen-bond donors (Lipinski definition) is 0.